The molecule has 2 aliphatic carbocycles. The minimum Gasteiger partial charge on any atom is -0.494 e. The monoisotopic (exact) mass is 461 g/mol. The number of fused-ring (bicyclic) bond motifs is 3. The minimum atomic E-state index is 0.399. The maximum Gasteiger partial charge on any atom is 0.146 e. The van der Waals surface area contributed by atoms with E-state index in [1.165, 1.54) is 53.5 Å². The van der Waals surface area contributed by atoms with E-state index in [0.717, 1.165) is 22.9 Å². The van der Waals surface area contributed by atoms with Gasteiger partial charge in [0.2, 0.25) is 0 Å². The van der Waals surface area contributed by atoms with Gasteiger partial charge >= 0.3 is 0 Å². The molecule has 2 heterocycles. The molecular weight excluding hydrogens is 422 g/mol. The normalized spacial score (nSPS) is 25.6. The number of benzene rings is 1. The smallest absolute Gasteiger partial charge is 0.146 e. The van der Waals surface area contributed by atoms with Crippen molar-refractivity contribution in [1.29, 1.82) is 0 Å². The molecule has 1 aromatic carbocycles. The van der Waals surface area contributed by atoms with Gasteiger partial charge in [-0.15, -0.1) is 0 Å². The second-order valence-corrected chi connectivity index (χ2v) is 11.8. The summed E-state index contributed by atoms with van der Waals surface area (Å²) in [5.74, 6) is 2.78. The molecule has 182 valence electrons. The van der Waals surface area contributed by atoms with Gasteiger partial charge in [0.15, 0.2) is 0 Å². The minimum absolute atomic E-state index is 0.399. The molecule has 5 rings (SSSR count). The number of nitrogens with zero attached hydrogens (tertiary/aromatic N) is 3. The van der Waals surface area contributed by atoms with Gasteiger partial charge in [0, 0.05) is 34.1 Å². The van der Waals surface area contributed by atoms with Crippen molar-refractivity contribution in [2.45, 2.75) is 80.1 Å². The van der Waals surface area contributed by atoms with Crippen LogP contribution in [0, 0.1) is 37.5 Å². The van der Waals surface area contributed by atoms with Crippen molar-refractivity contribution >= 4 is 10.8 Å². The standard InChI is InChI=1S/C29H39N3O2/c1-9-34-21-10-11-23(24(12-21)33-8)32-18(3)25-17(2)30-31-27(26(25)19(32)4)22-15-29(7)14-20(22)13-28(5,6)16-29/h10-12,20,22H,9,13-16H2,1-8H3/t20-,22?,29+/m1/s1. The van der Waals surface area contributed by atoms with Crippen LogP contribution in [-0.2, 0) is 0 Å². The highest BCUT2D eigenvalue weighted by Gasteiger charge is 2.51. The maximum absolute atomic E-state index is 5.81. The zero-order valence-corrected chi connectivity index (χ0v) is 22.1. The lowest BCUT2D eigenvalue weighted by molar-refractivity contribution is 0.107. The number of methoxy groups -OCH3 is 1. The quantitative estimate of drug-likeness (QED) is 0.408. The van der Waals surface area contributed by atoms with Crippen LogP contribution >= 0.6 is 0 Å². The zero-order valence-electron chi connectivity index (χ0n) is 22.1. The zero-order chi connectivity index (χ0) is 24.4. The number of aryl methyl sites for hydroxylation is 3. The van der Waals surface area contributed by atoms with Crippen LogP contribution in [0.4, 0.5) is 0 Å². The SMILES string of the molecule is CCOc1ccc(-n2c(C)c3c(C)nnc(C4C[C@]5(C)C[C@H]4CC(C)(C)C5)c3c2C)c(OC)c1. The van der Waals surface area contributed by atoms with Gasteiger partial charge < -0.3 is 14.0 Å². The molecule has 2 aliphatic rings. The Labute approximate surface area is 203 Å². The van der Waals surface area contributed by atoms with Crippen LogP contribution in [0.1, 0.15) is 82.1 Å². The summed E-state index contributed by atoms with van der Waals surface area (Å²) >= 11 is 0. The summed E-state index contributed by atoms with van der Waals surface area (Å²) in [6, 6.07) is 6.11. The molecule has 5 heteroatoms. The third kappa shape index (κ3) is 3.59. The molecule has 0 N–H and O–H groups in total. The van der Waals surface area contributed by atoms with Crippen molar-refractivity contribution in [3.63, 3.8) is 0 Å². The summed E-state index contributed by atoms with van der Waals surface area (Å²) in [7, 11) is 1.73. The first-order valence-electron chi connectivity index (χ1n) is 12.7. The van der Waals surface area contributed by atoms with Crippen LogP contribution in [-0.4, -0.2) is 28.5 Å². The summed E-state index contributed by atoms with van der Waals surface area (Å²) in [6.45, 7) is 16.5. The molecule has 3 atom stereocenters. The van der Waals surface area contributed by atoms with E-state index in [0.29, 0.717) is 29.3 Å². The van der Waals surface area contributed by atoms with Gasteiger partial charge in [-0.1, -0.05) is 20.8 Å². The third-order valence-corrected chi connectivity index (χ3v) is 8.38. The van der Waals surface area contributed by atoms with Crippen LogP contribution in [0.2, 0.25) is 0 Å². The highest BCUT2D eigenvalue weighted by Crippen LogP contribution is 2.62. The fourth-order valence-electron chi connectivity index (χ4n) is 7.71. The second-order valence-electron chi connectivity index (χ2n) is 11.8. The molecular formula is C29H39N3O2. The molecule has 2 fully saturated rings. The van der Waals surface area contributed by atoms with E-state index in [1.54, 1.807) is 7.11 Å². The van der Waals surface area contributed by atoms with E-state index in [-0.39, 0.29) is 0 Å². The Hall–Kier alpha value is -2.56. The van der Waals surface area contributed by atoms with E-state index in [9.17, 15) is 0 Å². The molecule has 0 radical (unpaired) electrons. The highest BCUT2D eigenvalue weighted by atomic mass is 16.5. The van der Waals surface area contributed by atoms with Crippen molar-refractivity contribution in [3.8, 4) is 17.2 Å². The van der Waals surface area contributed by atoms with Crippen molar-refractivity contribution in [1.82, 2.24) is 14.8 Å². The lowest BCUT2D eigenvalue weighted by Crippen LogP contribution is -2.29. The molecule has 0 aliphatic heterocycles. The van der Waals surface area contributed by atoms with E-state index < -0.39 is 0 Å². The van der Waals surface area contributed by atoms with Gasteiger partial charge in [-0.05, 0) is 82.3 Å². The fraction of sp³-hybridized carbons (Fsp3) is 0.586. The van der Waals surface area contributed by atoms with Crippen LogP contribution < -0.4 is 9.47 Å². The molecule has 0 saturated heterocycles. The number of ether oxygens (including phenoxy) is 2. The Balaban J connectivity index is 1.69. The Morgan fingerprint density at radius 3 is 2.44 bits per heavy atom. The molecule has 1 unspecified atom stereocenters. The molecule has 0 spiro atoms. The van der Waals surface area contributed by atoms with Crippen molar-refractivity contribution in [3.05, 3.63) is 41.0 Å². The summed E-state index contributed by atoms with van der Waals surface area (Å²) in [5.41, 5.74) is 6.44. The Morgan fingerprint density at radius 1 is 1.00 bits per heavy atom. The predicted octanol–water partition coefficient (Wildman–Crippen LogP) is 7.07. The van der Waals surface area contributed by atoms with Gasteiger partial charge in [0.1, 0.15) is 11.5 Å². The lowest BCUT2D eigenvalue weighted by atomic mass is 9.65. The predicted molar refractivity (Wildman–Crippen MR) is 137 cm³/mol. The van der Waals surface area contributed by atoms with Gasteiger partial charge in [-0.25, -0.2) is 0 Å². The summed E-state index contributed by atoms with van der Waals surface area (Å²) in [5, 5.41) is 12.1. The van der Waals surface area contributed by atoms with E-state index >= 15 is 0 Å². The van der Waals surface area contributed by atoms with Crippen LogP contribution in [0.25, 0.3) is 16.5 Å². The molecule has 2 saturated carbocycles. The fourth-order valence-corrected chi connectivity index (χ4v) is 7.71. The molecule has 3 aromatic rings. The second kappa shape index (κ2) is 8.00. The van der Waals surface area contributed by atoms with Crippen molar-refractivity contribution in [2.75, 3.05) is 13.7 Å². The highest BCUT2D eigenvalue weighted by molar-refractivity contribution is 5.93. The number of aromatic nitrogens is 3. The van der Waals surface area contributed by atoms with Crippen LogP contribution in [0.5, 0.6) is 11.5 Å². The Morgan fingerprint density at radius 2 is 1.74 bits per heavy atom. The number of rotatable bonds is 5. The average Bonchev–Trinajstić information content (AvgIpc) is 3.17. The largest absolute Gasteiger partial charge is 0.494 e. The molecule has 34 heavy (non-hydrogen) atoms. The first-order valence-corrected chi connectivity index (χ1v) is 12.7. The lowest BCUT2D eigenvalue weighted by Gasteiger charge is -2.40. The van der Waals surface area contributed by atoms with Gasteiger partial charge in [-0.3, -0.25) is 0 Å². The summed E-state index contributed by atoms with van der Waals surface area (Å²) < 4.78 is 13.9. The molecule has 5 nitrogen and oxygen atoms in total. The third-order valence-electron chi connectivity index (χ3n) is 8.38. The van der Waals surface area contributed by atoms with Crippen molar-refractivity contribution in [2.24, 2.45) is 16.7 Å². The van der Waals surface area contributed by atoms with Crippen molar-refractivity contribution < 1.29 is 9.47 Å². The van der Waals surface area contributed by atoms with Gasteiger partial charge in [-0.2, -0.15) is 10.2 Å². The molecule has 2 aromatic heterocycles. The topological polar surface area (TPSA) is 49.2 Å². The first-order chi connectivity index (χ1) is 16.1. The van der Waals surface area contributed by atoms with E-state index in [1.807, 2.05) is 19.1 Å². The summed E-state index contributed by atoms with van der Waals surface area (Å²) in [6.07, 6.45) is 5.10. The number of hydrogen-bond acceptors (Lipinski definition) is 4. The van der Waals surface area contributed by atoms with Crippen LogP contribution in [0.3, 0.4) is 0 Å². The molecule has 0 amide bonds. The maximum atomic E-state index is 5.81. The Kier molecular flexibility index (Phi) is 5.46. The average molecular weight is 462 g/mol. The first kappa shape index (κ1) is 23.2. The van der Waals surface area contributed by atoms with Crippen LogP contribution in [0.15, 0.2) is 18.2 Å². The number of hydrogen-bond donors (Lipinski definition) is 0. The van der Waals surface area contributed by atoms with E-state index in [2.05, 4.69) is 52.2 Å². The van der Waals surface area contributed by atoms with Gasteiger partial charge in [0.05, 0.1) is 30.8 Å². The van der Waals surface area contributed by atoms with E-state index in [4.69, 9.17) is 19.7 Å². The summed E-state index contributed by atoms with van der Waals surface area (Å²) in [4.78, 5) is 0. The Bertz CT molecular complexity index is 1260. The molecule has 2 bridgehead atoms. The van der Waals surface area contributed by atoms with Gasteiger partial charge in [0.25, 0.3) is 0 Å².